The van der Waals surface area contributed by atoms with Crippen LogP contribution in [0.1, 0.15) is 76.3 Å². The van der Waals surface area contributed by atoms with Gasteiger partial charge in [-0.25, -0.2) is 8.42 Å². The Labute approximate surface area is 165 Å². The summed E-state index contributed by atoms with van der Waals surface area (Å²) in [5.74, 6) is 1.56. The van der Waals surface area contributed by atoms with Crippen LogP contribution >= 0.6 is 0 Å². The van der Waals surface area contributed by atoms with E-state index in [0.29, 0.717) is 17.6 Å². The Hall–Kier alpha value is -1.35. The van der Waals surface area contributed by atoms with E-state index >= 15 is 0 Å². The molecule has 0 fully saturated rings. The maximum absolute atomic E-state index is 12.1. The molecule has 1 aromatic carbocycles. The van der Waals surface area contributed by atoms with Crippen LogP contribution in [0.4, 0.5) is 0 Å². The third-order valence-corrected chi connectivity index (χ3v) is 8.90. The van der Waals surface area contributed by atoms with Gasteiger partial charge in [0, 0.05) is 5.92 Å². The van der Waals surface area contributed by atoms with E-state index in [4.69, 9.17) is 0 Å². The summed E-state index contributed by atoms with van der Waals surface area (Å²) in [6.07, 6.45) is 14.7. The molecule has 0 N–H and O–H groups in total. The van der Waals surface area contributed by atoms with Gasteiger partial charge in [0.2, 0.25) is 0 Å². The van der Waals surface area contributed by atoms with Crippen molar-refractivity contribution in [2.24, 2.45) is 5.92 Å². The van der Waals surface area contributed by atoms with Gasteiger partial charge in [-0.1, -0.05) is 67.3 Å². The number of unbranched alkanes of at least 4 members (excludes halogenated alkanes) is 4. The summed E-state index contributed by atoms with van der Waals surface area (Å²) in [6.45, 7) is 5.38. The molecular weight excluding hydrogens is 352 g/mol. The normalized spacial score (nSPS) is 21.7. The molecule has 2 nitrogen and oxygen atoms in total. The molecule has 2 unspecified atom stereocenters. The fourth-order valence-electron chi connectivity index (χ4n) is 4.37. The van der Waals surface area contributed by atoms with Crippen LogP contribution in [0.25, 0.3) is 0 Å². The van der Waals surface area contributed by atoms with Gasteiger partial charge < -0.3 is 0 Å². The molecule has 0 radical (unpaired) electrons. The van der Waals surface area contributed by atoms with Crippen LogP contribution in [0.3, 0.4) is 0 Å². The fraction of sp³-hybridized carbons (Fsp3) is 0.583. The largest absolute Gasteiger partial charge is 0.228 e. The Balaban J connectivity index is 1.38. The molecule has 0 aliphatic heterocycles. The predicted molar refractivity (Wildman–Crippen MR) is 115 cm³/mol. The average Bonchev–Trinajstić information content (AvgIpc) is 2.99. The summed E-state index contributed by atoms with van der Waals surface area (Å²) in [4.78, 5) is 0. The van der Waals surface area contributed by atoms with Gasteiger partial charge in [-0.2, -0.15) is 0 Å². The molecule has 1 aromatic rings. The highest BCUT2D eigenvalue weighted by molar-refractivity contribution is 7.92. The topological polar surface area (TPSA) is 34.1 Å². The van der Waals surface area contributed by atoms with Crippen molar-refractivity contribution in [1.29, 1.82) is 0 Å². The van der Waals surface area contributed by atoms with Gasteiger partial charge in [-0.05, 0) is 63.5 Å². The molecule has 0 saturated heterocycles. The maximum atomic E-state index is 12.1. The summed E-state index contributed by atoms with van der Waals surface area (Å²) in [6, 6.07) is 8.89. The minimum Gasteiger partial charge on any atom is -0.228 e. The smallest absolute Gasteiger partial charge is 0.155 e. The van der Waals surface area contributed by atoms with Gasteiger partial charge in [0.25, 0.3) is 0 Å². The monoisotopic (exact) mass is 386 g/mol. The van der Waals surface area contributed by atoms with Crippen LogP contribution in [0, 0.1) is 5.92 Å². The molecular formula is C24H34O2S. The lowest BCUT2D eigenvalue weighted by Gasteiger charge is -2.24. The standard InChI is InChI=1S/C24H34O2S/c1-24(2,3)27(25,26)17-10-6-4-5-7-12-19-14-11-16-22-21-15-9-8-13-20(21)18-23(19)22/h8-9,11,13-16,22-23H,4-7,10,12,17-18H2,1-3H3. The molecule has 0 bridgehead atoms. The maximum Gasteiger partial charge on any atom is 0.155 e. The van der Waals surface area contributed by atoms with E-state index in [9.17, 15) is 8.42 Å². The number of fused-ring (bicyclic) bond motifs is 3. The first-order chi connectivity index (χ1) is 12.8. The van der Waals surface area contributed by atoms with Crippen molar-refractivity contribution in [3.63, 3.8) is 0 Å². The molecule has 2 atom stereocenters. The van der Waals surface area contributed by atoms with Crippen molar-refractivity contribution < 1.29 is 8.42 Å². The van der Waals surface area contributed by atoms with Gasteiger partial charge in [0.05, 0.1) is 10.5 Å². The van der Waals surface area contributed by atoms with Gasteiger partial charge in [0.1, 0.15) is 0 Å². The molecule has 0 spiro atoms. The molecule has 2 aliphatic rings. The van der Waals surface area contributed by atoms with Gasteiger partial charge in [0.15, 0.2) is 9.84 Å². The minimum atomic E-state index is -2.96. The van der Waals surface area contributed by atoms with Crippen LogP contribution in [0.15, 0.2) is 48.1 Å². The van der Waals surface area contributed by atoms with Gasteiger partial charge in [-0.15, -0.1) is 0 Å². The Bertz CT molecular complexity index is 809. The van der Waals surface area contributed by atoms with E-state index in [1.807, 2.05) is 0 Å². The van der Waals surface area contributed by atoms with Crippen molar-refractivity contribution in [2.45, 2.75) is 76.4 Å². The first kappa shape index (κ1) is 20.4. The Morgan fingerprint density at radius 1 is 1.00 bits per heavy atom. The van der Waals surface area contributed by atoms with E-state index in [1.54, 1.807) is 26.3 Å². The molecule has 0 heterocycles. The van der Waals surface area contributed by atoms with E-state index in [1.165, 1.54) is 36.8 Å². The number of rotatable bonds is 8. The van der Waals surface area contributed by atoms with Crippen LogP contribution in [0.5, 0.6) is 0 Å². The molecule has 0 saturated carbocycles. The third kappa shape index (κ3) is 4.74. The molecule has 148 valence electrons. The summed E-state index contributed by atoms with van der Waals surface area (Å²) < 4.78 is 23.6. The van der Waals surface area contributed by atoms with Gasteiger partial charge >= 0.3 is 0 Å². The second-order valence-electron chi connectivity index (χ2n) is 9.11. The van der Waals surface area contributed by atoms with Crippen LogP contribution in [0.2, 0.25) is 0 Å². The van der Waals surface area contributed by atoms with Crippen molar-refractivity contribution in [1.82, 2.24) is 0 Å². The van der Waals surface area contributed by atoms with Crippen molar-refractivity contribution >= 4 is 9.84 Å². The Kier molecular flexibility index (Phi) is 6.30. The summed E-state index contributed by atoms with van der Waals surface area (Å²) in [5, 5.41) is 0. The van der Waals surface area contributed by atoms with Gasteiger partial charge in [-0.3, -0.25) is 0 Å². The Morgan fingerprint density at radius 3 is 2.48 bits per heavy atom. The number of sulfone groups is 1. The average molecular weight is 387 g/mol. The predicted octanol–water partition coefficient (Wildman–Crippen LogP) is 5.99. The Morgan fingerprint density at radius 2 is 1.70 bits per heavy atom. The summed E-state index contributed by atoms with van der Waals surface area (Å²) in [7, 11) is -2.96. The van der Waals surface area contributed by atoms with Crippen molar-refractivity contribution in [3.05, 3.63) is 59.2 Å². The van der Waals surface area contributed by atoms with Crippen molar-refractivity contribution in [2.75, 3.05) is 5.75 Å². The zero-order valence-corrected chi connectivity index (χ0v) is 17.9. The molecule has 27 heavy (non-hydrogen) atoms. The van der Waals surface area contributed by atoms with E-state index in [0.717, 1.165) is 19.3 Å². The van der Waals surface area contributed by atoms with Crippen LogP contribution in [-0.4, -0.2) is 18.9 Å². The lowest BCUT2D eigenvalue weighted by molar-refractivity contribution is 0.538. The second kappa shape index (κ2) is 8.34. The number of hydrogen-bond acceptors (Lipinski definition) is 2. The van der Waals surface area contributed by atoms with E-state index in [-0.39, 0.29) is 0 Å². The fourth-order valence-corrected chi connectivity index (χ4v) is 5.57. The first-order valence-corrected chi connectivity index (χ1v) is 12.1. The number of allylic oxidation sites excluding steroid dienone is 4. The van der Waals surface area contributed by atoms with Crippen LogP contribution in [-0.2, 0) is 16.3 Å². The first-order valence-electron chi connectivity index (χ1n) is 10.5. The number of benzene rings is 1. The second-order valence-corrected chi connectivity index (χ2v) is 12.0. The molecule has 3 heteroatoms. The highest BCUT2D eigenvalue weighted by Gasteiger charge is 2.33. The number of hydrogen-bond donors (Lipinski definition) is 0. The SMILES string of the molecule is CC(C)(C)S(=O)(=O)CCCCCCCC1=CC=CC2c3ccccc3CC12. The molecule has 0 amide bonds. The molecule has 2 aliphatic carbocycles. The minimum absolute atomic E-state index is 0.328. The zero-order chi connectivity index (χ0) is 19.5. The third-order valence-electron chi connectivity index (χ3n) is 6.20. The van der Waals surface area contributed by atoms with E-state index < -0.39 is 14.6 Å². The molecule has 3 rings (SSSR count). The quantitative estimate of drug-likeness (QED) is 0.514. The summed E-state index contributed by atoms with van der Waals surface area (Å²) >= 11 is 0. The highest BCUT2D eigenvalue weighted by atomic mass is 32.2. The van der Waals surface area contributed by atoms with E-state index in [2.05, 4.69) is 42.5 Å². The molecule has 0 aromatic heterocycles. The zero-order valence-electron chi connectivity index (χ0n) is 17.1. The summed E-state index contributed by atoms with van der Waals surface area (Å²) in [5.41, 5.74) is 4.64. The lowest BCUT2D eigenvalue weighted by atomic mass is 9.81. The van der Waals surface area contributed by atoms with Crippen LogP contribution < -0.4 is 0 Å². The lowest BCUT2D eigenvalue weighted by Crippen LogP contribution is -2.30. The van der Waals surface area contributed by atoms with Crippen molar-refractivity contribution in [3.8, 4) is 0 Å². The highest BCUT2D eigenvalue weighted by Crippen LogP contribution is 2.45.